The molecule has 0 aliphatic carbocycles. The van der Waals surface area contributed by atoms with Crippen LogP contribution in [0.5, 0.6) is 0 Å². The van der Waals surface area contributed by atoms with Gasteiger partial charge >= 0.3 is 5.97 Å². The minimum Gasteiger partial charge on any atom is -0.451 e. The lowest BCUT2D eigenvalue weighted by atomic mass is 10.2. The average Bonchev–Trinajstić information content (AvgIpc) is 3.21. The van der Waals surface area contributed by atoms with Crippen LogP contribution >= 0.6 is 11.3 Å². The molecule has 0 unspecified atom stereocenters. The van der Waals surface area contributed by atoms with E-state index in [9.17, 15) is 18.8 Å². The van der Waals surface area contributed by atoms with Gasteiger partial charge in [-0.25, -0.2) is 9.18 Å². The van der Waals surface area contributed by atoms with Crippen LogP contribution in [0.3, 0.4) is 0 Å². The van der Waals surface area contributed by atoms with Crippen molar-refractivity contribution < 1.29 is 23.5 Å². The fraction of sp³-hybridized carbons (Fsp3) is 0.222. The Morgan fingerprint density at radius 1 is 1.29 bits per heavy atom. The Labute approximate surface area is 163 Å². The van der Waals surface area contributed by atoms with E-state index >= 15 is 0 Å². The van der Waals surface area contributed by atoms with Gasteiger partial charge in [0.25, 0.3) is 5.91 Å². The highest BCUT2D eigenvalue weighted by atomic mass is 32.1. The van der Waals surface area contributed by atoms with Gasteiger partial charge in [0.1, 0.15) is 15.5 Å². The van der Waals surface area contributed by atoms with Gasteiger partial charge in [0, 0.05) is 5.39 Å². The number of nitrogens with one attached hydrogen (secondary N) is 1. The largest absolute Gasteiger partial charge is 0.451 e. The molecule has 10 heteroatoms. The first-order chi connectivity index (χ1) is 13.3. The summed E-state index contributed by atoms with van der Waals surface area (Å²) in [6.45, 7) is 1.41. The van der Waals surface area contributed by atoms with Gasteiger partial charge in [0.2, 0.25) is 5.91 Å². The molecule has 8 nitrogen and oxygen atoms in total. The third-order valence-corrected chi connectivity index (χ3v) is 4.98. The second-order valence-electron chi connectivity index (χ2n) is 6.02. The summed E-state index contributed by atoms with van der Waals surface area (Å²) >= 11 is 1.19. The summed E-state index contributed by atoms with van der Waals surface area (Å²) in [5, 5.41) is 7.49. The molecular formula is C18H17FN4O4S. The summed E-state index contributed by atoms with van der Waals surface area (Å²) in [5.74, 6) is -2.27. The van der Waals surface area contributed by atoms with Gasteiger partial charge in [-0.3, -0.25) is 14.3 Å². The first-order valence-electron chi connectivity index (χ1n) is 8.27. The summed E-state index contributed by atoms with van der Waals surface area (Å²) in [6.07, 6.45) is 0. The molecule has 2 aromatic heterocycles. The minimum absolute atomic E-state index is 0.313. The molecule has 0 bridgehead atoms. The second-order valence-corrected chi connectivity index (χ2v) is 7.05. The van der Waals surface area contributed by atoms with E-state index in [4.69, 9.17) is 10.5 Å². The lowest BCUT2D eigenvalue weighted by Gasteiger charge is -2.04. The number of thiophene rings is 1. The van der Waals surface area contributed by atoms with Crippen LogP contribution in [0.15, 0.2) is 30.3 Å². The number of hydrogen-bond donors (Lipinski definition) is 2. The third-order valence-electron chi connectivity index (χ3n) is 3.85. The van der Waals surface area contributed by atoms with E-state index < -0.39 is 24.4 Å². The van der Waals surface area contributed by atoms with Crippen LogP contribution in [0.1, 0.15) is 20.9 Å². The summed E-state index contributed by atoms with van der Waals surface area (Å²) in [4.78, 5) is 35.4. The van der Waals surface area contributed by atoms with Crippen molar-refractivity contribution in [3.63, 3.8) is 0 Å². The molecule has 0 saturated heterocycles. The Hall–Kier alpha value is -3.27. The first-order valence-corrected chi connectivity index (χ1v) is 9.08. The Kier molecular flexibility index (Phi) is 5.69. The number of nitrogens with zero attached hydrogens (tertiary/aromatic N) is 2. The van der Waals surface area contributed by atoms with Crippen molar-refractivity contribution >= 4 is 39.3 Å². The molecule has 2 amide bonds. The summed E-state index contributed by atoms with van der Waals surface area (Å²) in [6, 6.07) is 7.76. The van der Waals surface area contributed by atoms with Gasteiger partial charge in [-0.2, -0.15) is 5.10 Å². The van der Waals surface area contributed by atoms with Crippen molar-refractivity contribution in [3.05, 3.63) is 52.3 Å². The number of carbonyl (C=O) groups is 3. The van der Waals surface area contributed by atoms with Crippen LogP contribution in [0.2, 0.25) is 0 Å². The van der Waals surface area contributed by atoms with Crippen molar-refractivity contribution in [1.82, 2.24) is 15.1 Å². The Morgan fingerprint density at radius 3 is 2.68 bits per heavy atom. The molecule has 0 spiro atoms. The lowest BCUT2D eigenvalue weighted by Crippen LogP contribution is -2.35. The van der Waals surface area contributed by atoms with E-state index in [0.717, 1.165) is 21.5 Å². The topological polar surface area (TPSA) is 116 Å². The number of fused-ring (bicyclic) bond motifs is 1. The fourth-order valence-electron chi connectivity index (χ4n) is 2.52. The molecule has 0 aliphatic rings. The van der Waals surface area contributed by atoms with Crippen LogP contribution in [0, 0.1) is 12.7 Å². The number of amides is 2. The smallest absolute Gasteiger partial charge is 0.348 e. The van der Waals surface area contributed by atoms with Crippen LogP contribution in [-0.4, -0.2) is 40.7 Å². The molecule has 0 radical (unpaired) electrons. The normalized spacial score (nSPS) is 10.8. The van der Waals surface area contributed by atoms with Crippen molar-refractivity contribution in [2.24, 2.45) is 5.73 Å². The van der Waals surface area contributed by atoms with Crippen molar-refractivity contribution in [2.45, 2.75) is 13.5 Å². The molecule has 3 aromatic rings. The van der Waals surface area contributed by atoms with Gasteiger partial charge in [-0.05, 0) is 30.7 Å². The monoisotopic (exact) mass is 404 g/mol. The molecule has 2 heterocycles. The summed E-state index contributed by atoms with van der Waals surface area (Å²) in [5.41, 5.74) is 6.54. The van der Waals surface area contributed by atoms with E-state index in [1.807, 2.05) is 6.92 Å². The van der Waals surface area contributed by atoms with Gasteiger partial charge in [0.05, 0.1) is 18.8 Å². The Balaban J connectivity index is 1.71. The number of aryl methyl sites for hydroxylation is 1. The molecule has 146 valence electrons. The number of aromatic nitrogens is 2. The number of carbonyl (C=O) groups excluding carboxylic acids is 3. The van der Waals surface area contributed by atoms with Crippen LogP contribution in [0.25, 0.3) is 10.2 Å². The highest BCUT2D eigenvalue weighted by Crippen LogP contribution is 2.29. The zero-order valence-electron chi connectivity index (χ0n) is 14.9. The maximum absolute atomic E-state index is 13.1. The van der Waals surface area contributed by atoms with Crippen LogP contribution in [0.4, 0.5) is 4.39 Å². The quantitative estimate of drug-likeness (QED) is 0.577. The number of rotatable bonds is 7. The molecule has 0 saturated carbocycles. The Bertz CT molecular complexity index is 1040. The maximum Gasteiger partial charge on any atom is 0.348 e. The number of esters is 1. The van der Waals surface area contributed by atoms with E-state index in [1.165, 1.54) is 23.5 Å². The molecule has 0 atom stereocenters. The molecule has 3 N–H and O–H groups in total. The highest BCUT2D eigenvalue weighted by molar-refractivity contribution is 7.20. The number of ether oxygens (including phenoxy) is 1. The summed E-state index contributed by atoms with van der Waals surface area (Å²) in [7, 11) is 0. The highest BCUT2D eigenvalue weighted by Gasteiger charge is 2.18. The predicted octanol–water partition coefficient (Wildman–Crippen LogP) is 1.35. The minimum atomic E-state index is -0.689. The number of primary amides is 1. The van der Waals surface area contributed by atoms with E-state index in [0.29, 0.717) is 11.4 Å². The number of halogens is 1. The second kappa shape index (κ2) is 8.17. The van der Waals surface area contributed by atoms with E-state index in [-0.39, 0.29) is 12.4 Å². The average molecular weight is 404 g/mol. The maximum atomic E-state index is 13.1. The third kappa shape index (κ3) is 4.52. The van der Waals surface area contributed by atoms with Crippen LogP contribution < -0.4 is 11.1 Å². The number of nitrogens with two attached hydrogens (primary N) is 1. The zero-order valence-corrected chi connectivity index (χ0v) is 15.7. The molecule has 28 heavy (non-hydrogen) atoms. The van der Waals surface area contributed by atoms with Gasteiger partial charge < -0.3 is 15.8 Å². The predicted molar refractivity (Wildman–Crippen MR) is 100 cm³/mol. The van der Waals surface area contributed by atoms with Gasteiger partial charge in [-0.1, -0.05) is 12.1 Å². The van der Waals surface area contributed by atoms with Gasteiger partial charge in [0.15, 0.2) is 6.61 Å². The summed E-state index contributed by atoms with van der Waals surface area (Å²) < 4.78 is 19.8. The van der Waals surface area contributed by atoms with Crippen LogP contribution in [-0.2, 0) is 20.9 Å². The van der Waals surface area contributed by atoms with Crippen molar-refractivity contribution in [3.8, 4) is 0 Å². The Morgan fingerprint density at radius 2 is 2.00 bits per heavy atom. The molecular weight excluding hydrogens is 387 g/mol. The number of benzene rings is 1. The van der Waals surface area contributed by atoms with Crippen molar-refractivity contribution in [2.75, 3.05) is 13.2 Å². The van der Waals surface area contributed by atoms with Gasteiger partial charge in [-0.15, -0.1) is 11.3 Å². The fourth-order valence-corrected chi connectivity index (χ4v) is 3.58. The standard InChI is InChI=1S/C18H17FN4O4S/c1-10-13-6-14(18(26)27-9-16(25)21-7-15(20)24)28-17(13)23(22-10)8-11-2-4-12(19)5-3-11/h2-6H,7-9H2,1H3,(H2,20,24)(H,21,25). The van der Waals surface area contributed by atoms with E-state index in [2.05, 4.69) is 10.4 Å². The molecule has 3 rings (SSSR count). The van der Waals surface area contributed by atoms with E-state index in [1.54, 1.807) is 22.9 Å². The zero-order chi connectivity index (χ0) is 20.3. The molecule has 1 aromatic carbocycles. The van der Waals surface area contributed by atoms with Crippen molar-refractivity contribution in [1.29, 1.82) is 0 Å². The SMILES string of the molecule is Cc1nn(Cc2ccc(F)cc2)c2sc(C(=O)OCC(=O)NCC(N)=O)cc12. The molecule has 0 aliphatic heterocycles. The first kappa shape index (κ1) is 19.5. The molecule has 0 fully saturated rings. The lowest BCUT2D eigenvalue weighted by molar-refractivity contribution is -0.127. The number of hydrogen-bond acceptors (Lipinski definition) is 6.